The van der Waals surface area contributed by atoms with Crippen LogP contribution in [-0.2, 0) is 23.7 Å². The molecular weight excluding hydrogens is 384 g/mol. The van der Waals surface area contributed by atoms with Crippen molar-refractivity contribution in [3.05, 3.63) is 23.8 Å². The Morgan fingerprint density at radius 1 is 1.13 bits per heavy atom. The second kappa shape index (κ2) is 6.04. The number of carbonyl (C=O) groups is 1. The molecule has 0 aromatic heterocycles. The SMILES string of the molecule is C=C1C[C@@H]2[C@H]3CC[C@]4(OCO[C@]45COCO5)[C@@]3(C)[C@H](O)C[C@H]2[C@@]2(C)CCC(=O)C=C12. The topological polar surface area (TPSA) is 74.2 Å². The van der Waals surface area contributed by atoms with Gasteiger partial charge in [-0.3, -0.25) is 4.79 Å². The summed E-state index contributed by atoms with van der Waals surface area (Å²) in [5.41, 5.74) is 0.954. The Bertz CT molecular complexity index is 837. The van der Waals surface area contributed by atoms with Crippen molar-refractivity contribution in [2.45, 2.75) is 69.9 Å². The molecule has 1 N–H and O–H groups in total. The third-order valence-electron chi connectivity index (χ3n) is 10.0. The lowest BCUT2D eigenvalue weighted by Gasteiger charge is -2.62. The van der Waals surface area contributed by atoms with E-state index in [1.165, 1.54) is 0 Å². The summed E-state index contributed by atoms with van der Waals surface area (Å²) in [4.78, 5) is 12.2. The molecule has 8 atom stereocenters. The third-order valence-corrected chi connectivity index (χ3v) is 10.0. The number of hydrogen-bond acceptors (Lipinski definition) is 6. The van der Waals surface area contributed by atoms with E-state index in [1.54, 1.807) is 0 Å². The Balaban J connectivity index is 1.43. The average molecular weight is 417 g/mol. The first-order valence-corrected chi connectivity index (χ1v) is 11.4. The van der Waals surface area contributed by atoms with Crippen LogP contribution in [-0.4, -0.2) is 48.6 Å². The fourth-order valence-electron chi connectivity index (χ4n) is 8.51. The van der Waals surface area contributed by atoms with Crippen LogP contribution in [0.4, 0.5) is 0 Å². The summed E-state index contributed by atoms with van der Waals surface area (Å²) in [6, 6.07) is 0. The van der Waals surface area contributed by atoms with Crippen LogP contribution < -0.4 is 0 Å². The highest BCUT2D eigenvalue weighted by Gasteiger charge is 2.78. The number of ether oxygens (including phenoxy) is 4. The van der Waals surface area contributed by atoms with Crippen LogP contribution in [0.25, 0.3) is 0 Å². The van der Waals surface area contributed by atoms with Gasteiger partial charge in [-0.25, -0.2) is 0 Å². The second-order valence-electron chi connectivity index (χ2n) is 10.8. The second-order valence-corrected chi connectivity index (χ2v) is 10.8. The van der Waals surface area contributed by atoms with E-state index in [9.17, 15) is 9.90 Å². The van der Waals surface area contributed by atoms with Crippen LogP contribution in [0.2, 0.25) is 0 Å². The minimum Gasteiger partial charge on any atom is -0.392 e. The zero-order valence-corrected chi connectivity index (χ0v) is 17.9. The summed E-state index contributed by atoms with van der Waals surface area (Å²) in [5.74, 6) is 0.304. The van der Waals surface area contributed by atoms with Crippen molar-refractivity contribution in [2.75, 3.05) is 20.2 Å². The summed E-state index contributed by atoms with van der Waals surface area (Å²) < 4.78 is 24.0. The van der Waals surface area contributed by atoms with Gasteiger partial charge in [0.15, 0.2) is 19.4 Å². The van der Waals surface area contributed by atoms with E-state index < -0.39 is 22.9 Å². The number of allylic oxidation sites excluding steroid dienone is 2. The minimum atomic E-state index is -0.928. The van der Waals surface area contributed by atoms with Gasteiger partial charge in [0, 0.05) is 11.8 Å². The fourth-order valence-corrected chi connectivity index (χ4v) is 8.51. The van der Waals surface area contributed by atoms with E-state index in [-0.39, 0.29) is 30.7 Å². The Morgan fingerprint density at radius 3 is 2.70 bits per heavy atom. The fraction of sp³-hybridized carbons (Fsp3) is 0.792. The minimum absolute atomic E-state index is 0.0936. The zero-order chi connectivity index (χ0) is 20.9. The quantitative estimate of drug-likeness (QED) is 0.654. The molecule has 6 aliphatic rings. The molecule has 0 radical (unpaired) electrons. The summed E-state index contributed by atoms with van der Waals surface area (Å²) >= 11 is 0. The maximum Gasteiger partial charge on any atom is 0.226 e. The summed E-state index contributed by atoms with van der Waals surface area (Å²) in [7, 11) is 0. The van der Waals surface area contributed by atoms with Crippen molar-refractivity contribution in [3.63, 3.8) is 0 Å². The van der Waals surface area contributed by atoms with Gasteiger partial charge in [0.1, 0.15) is 12.2 Å². The van der Waals surface area contributed by atoms with Gasteiger partial charge in [0.25, 0.3) is 0 Å². The van der Waals surface area contributed by atoms with E-state index in [1.807, 2.05) is 6.08 Å². The number of rotatable bonds is 0. The van der Waals surface area contributed by atoms with Crippen LogP contribution in [0.15, 0.2) is 23.8 Å². The van der Waals surface area contributed by atoms with Crippen LogP contribution >= 0.6 is 0 Å². The highest BCUT2D eigenvalue weighted by molar-refractivity contribution is 5.92. The highest BCUT2D eigenvalue weighted by Crippen LogP contribution is 2.71. The van der Waals surface area contributed by atoms with E-state index in [0.717, 1.165) is 36.8 Å². The molecule has 2 heterocycles. The van der Waals surface area contributed by atoms with Gasteiger partial charge in [-0.05, 0) is 66.9 Å². The van der Waals surface area contributed by atoms with Crippen molar-refractivity contribution in [1.82, 2.24) is 0 Å². The lowest BCUT2D eigenvalue weighted by atomic mass is 9.44. The van der Waals surface area contributed by atoms with Gasteiger partial charge in [-0.1, -0.05) is 26.0 Å². The zero-order valence-electron chi connectivity index (χ0n) is 17.9. The smallest absolute Gasteiger partial charge is 0.226 e. The molecule has 0 aromatic rings. The van der Waals surface area contributed by atoms with Crippen molar-refractivity contribution in [1.29, 1.82) is 0 Å². The predicted molar refractivity (Wildman–Crippen MR) is 107 cm³/mol. The number of aliphatic hydroxyl groups excluding tert-OH is 1. The van der Waals surface area contributed by atoms with Gasteiger partial charge in [0.2, 0.25) is 5.79 Å². The van der Waals surface area contributed by atoms with Crippen molar-refractivity contribution >= 4 is 5.78 Å². The monoisotopic (exact) mass is 416 g/mol. The normalized spacial score (nSPS) is 55.0. The molecule has 5 fully saturated rings. The molecule has 0 unspecified atom stereocenters. The number of aliphatic hydroxyl groups is 1. The van der Waals surface area contributed by atoms with Crippen molar-refractivity contribution in [3.8, 4) is 0 Å². The molecule has 6 heteroatoms. The van der Waals surface area contributed by atoms with E-state index >= 15 is 0 Å². The first kappa shape index (κ1) is 19.6. The molecule has 3 saturated carbocycles. The molecule has 0 bridgehead atoms. The number of fused-ring (bicyclic) bond motifs is 7. The Kier molecular flexibility index (Phi) is 3.95. The Labute approximate surface area is 177 Å². The molecule has 4 aliphatic carbocycles. The molecule has 2 aliphatic heterocycles. The Morgan fingerprint density at radius 2 is 1.93 bits per heavy atom. The first-order chi connectivity index (χ1) is 14.3. The molecular formula is C24H32O6. The lowest BCUT2D eigenvalue weighted by Crippen LogP contribution is -2.68. The van der Waals surface area contributed by atoms with Gasteiger partial charge in [-0.2, -0.15) is 0 Å². The molecule has 0 aromatic carbocycles. The average Bonchev–Trinajstić information content (AvgIpc) is 3.41. The van der Waals surface area contributed by atoms with Crippen molar-refractivity contribution in [2.24, 2.45) is 28.6 Å². The molecule has 0 amide bonds. The van der Waals surface area contributed by atoms with E-state index in [2.05, 4.69) is 20.4 Å². The standard InChI is InChI=1S/C24H32O6/c1-14-8-16-17-5-7-23(24(30-13-28-23)11-27-12-29-24)22(17,3)20(26)10-19(16)21(2)6-4-15(25)9-18(14)21/h9,16-17,19-20,26H,1,4-8,10-13H2,2-3H3/t16-,17-,19-,20-,21+,22-,23+,24-/m1/s1. The molecule has 6 rings (SSSR count). The van der Waals surface area contributed by atoms with E-state index in [0.29, 0.717) is 31.3 Å². The maximum absolute atomic E-state index is 12.2. The van der Waals surface area contributed by atoms with Gasteiger partial charge in [0.05, 0.1) is 6.10 Å². The number of hydrogen-bond donors (Lipinski definition) is 1. The maximum atomic E-state index is 12.2. The third kappa shape index (κ3) is 2.06. The van der Waals surface area contributed by atoms with Crippen LogP contribution in [0, 0.1) is 28.6 Å². The molecule has 2 saturated heterocycles. The summed E-state index contributed by atoms with van der Waals surface area (Å²) in [6.07, 6.45) is 6.08. The first-order valence-electron chi connectivity index (χ1n) is 11.4. The highest BCUT2D eigenvalue weighted by atomic mass is 16.9. The summed E-state index contributed by atoms with van der Waals surface area (Å²) in [5, 5.41) is 11.7. The van der Waals surface area contributed by atoms with Crippen LogP contribution in [0.3, 0.4) is 0 Å². The molecule has 30 heavy (non-hydrogen) atoms. The molecule has 2 spiro atoms. The largest absolute Gasteiger partial charge is 0.392 e. The number of ketones is 1. The molecule has 164 valence electrons. The van der Waals surface area contributed by atoms with Gasteiger partial charge in [-0.15, -0.1) is 0 Å². The lowest BCUT2D eigenvalue weighted by molar-refractivity contribution is -0.269. The van der Waals surface area contributed by atoms with E-state index in [4.69, 9.17) is 18.9 Å². The Hall–Kier alpha value is -1.05. The summed E-state index contributed by atoms with van der Waals surface area (Å²) in [6.45, 7) is 9.59. The van der Waals surface area contributed by atoms with Crippen LogP contribution in [0.5, 0.6) is 0 Å². The number of carbonyl (C=O) groups excluding carboxylic acids is 1. The van der Waals surface area contributed by atoms with Crippen molar-refractivity contribution < 1.29 is 28.8 Å². The van der Waals surface area contributed by atoms with Gasteiger partial charge < -0.3 is 24.1 Å². The van der Waals surface area contributed by atoms with Gasteiger partial charge >= 0.3 is 0 Å². The predicted octanol–water partition coefficient (Wildman–Crippen LogP) is 3.10. The van der Waals surface area contributed by atoms with Crippen LogP contribution in [0.1, 0.15) is 52.4 Å². The molecule has 6 nitrogen and oxygen atoms in total.